The summed E-state index contributed by atoms with van der Waals surface area (Å²) in [6, 6.07) is 6.17. The van der Waals surface area contributed by atoms with E-state index in [4.69, 9.17) is 5.11 Å². The molecule has 1 saturated carbocycles. The number of hydrogen-bond donors (Lipinski definition) is 3. The van der Waals surface area contributed by atoms with E-state index < -0.39 is 5.97 Å². The Hall–Kier alpha value is -2.08. The first-order chi connectivity index (χ1) is 11.8. The molecule has 6 heteroatoms. The third-order valence-electron chi connectivity index (χ3n) is 4.87. The first-order valence-electron chi connectivity index (χ1n) is 8.94. The van der Waals surface area contributed by atoms with Crippen molar-refractivity contribution in [1.29, 1.82) is 0 Å². The van der Waals surface area contributed by atoms with Crippen LogP contribution in [0.1, 0.15) is 50.7 Å². The van der Waals surface area contributed by atoms with Crippen LogP contribution < -0.4 is 10.6 Å². The number of nitrogens with zero attached hydrogens (tertiary/aromatic N) is 1. The normalized spacial score (nSPS) is 19.6. The van der Waals surface area contributed by atoms with E-state index in [1.165, 1.54) is 0 Å². The van der Waals surface area contributed by atoms with Crippen LogP contribution in [0.5, 0.6) is 0 Å². The minimum atomic E-state index is -0.809. The van der Waals surface area contributed by atoms with Crippen molar-refractivity contribution in [3.8, 4) is 0 Å². The zero-order valence-electron chi connectivity index (χ0n) is 15.5. The van der Waals surface area contributed by atoms with Crippen LogP contribution in [0.2, 0.25) is 0 Å². The van der Waals surface area contributed by atoms with Gasteiger partial charge in [0, 0.05) is 17.8 Å². The fraction of sp³-hybridized carbons (Fsp3) is 0.579. The number of amides is 2. The number of benzene rings is 1. The second-order valence-electron chi connectivity index (χ2n) is 7.07. The predicted octanol–water partition coefficient (Wildman–Crippen LogP) is 3.18. The Morgan fingerprint density at radius 3 is 2.56 bits per heavy atom. The van der Waals surface area contributed by atoms with E-state index in [2.05, 4.69) is 24.5 Å². The zero-order valence-corrected chi connectivity index (χ0v) is 15.5. The number of nitrogens with one attached hydrogen (secondary N) is 2. The third kappa shape index (κ3) is 4.95. The number of carbonyl (C=O) groups excluding carboxylic acids is 1. The number of para-hydroxylation sites is 1. The average Bonchev–Trinajstić information content (AvgIpc) is 2.50. The summed E-state index contributed by atoms with van der Waals surface area (Å²) in [6.45, 7) is 8.93. The molecule has 138 valence electrons. The first kappa shape index (κ1) is 19.2. The maximum absolute atomic E-state index is 12.3. The lowest BCUT2D eigenvalue weighted by Crippen LogP contribution is -2.55. The highest BCUT2D eigenvalue weighted by Gasteiger charge is 2.34. The number of carboxylic acid groups (broad SMARTS) is 1. The standard InChI is InChI=1S/C19H29N3O3/c1-5-22(11-17(23)24)15-9-14(10-15)20-19(25)21-18-13(4)7-6-8-16(18)12(2)3/h6-8,12,14-15H,5,9-11H2,1-4H3,(H,23,24)(H2,20,21,25). The maximum Gasteiger partial charge on any atom is 0.319 e. The Labute approximate surface area is 149 Å². The molecule has 3 N–H and O–H groups in total. The molecular weight excluding hydrogens is 318 g/mol. The molecule has 0 aliphatic heterocycles. The topological polar surface area (TPSA) is 81.7 Å². The van der Waals surface area contributed by atoms with Gasteiger partial charge < -0.3 is 15.7 Å². The molecule has 0 spiro atoms. The van der Waals surface area contributed by atoms with E-state index in [0.29, 0.717) is 12.5 Å². The second kappa shape index (κ2) is 8.34. The molecule has 0 heterocycles. The molecule has 0 unspecified atom stereocenters. The average molecular weight is 347 g/mol. The summed E-state index contributed by atoms with van der Waals surface area (Å²) in [5.41, 5.74) is 3.05. The molecule has 1 aromatic rings. The van der Waals surface area contributed by atoms with Crippen LogP contribution >= 0.6 is 0 Å². The number of likely N-dealkylation sites (N-methyl/N-ethyl adjacent to an activating group) is 1. The molecule has 0 radical (unpaired) electrons. The van der Waals surface area contributed by atoms with Crippen LogP contribution in [0.25, 0.3) is 0 Å². The summed E-state index contributed by atoms with van der Waals surface area (Å²) in [5, 5.41) is 14.9. The van der Waals surface area contributed by atoms with Gasteiger partial charge >= 0.3 is 12.0 Å². The summed E-state index contributed by atoms with van der Waals surface area (Å²) < 4.78 is 0. The largest absolute Gasteiger partial charge is 0.480 e. The van der Waals surface area contributed by atoms with Crippen molar-refractivity contribution in [2.75, 3.05) is 18.4 Å². The number of urea groups is 1. The van der Waals surface area contributed by atoms with Gasteiger partial charge in [-0.2, -0.15) is 0 Å². The molecule has 1 aliphatic carbocycles. The number of aryl methyl sites for hydroxylation is 1. The minimum Gasteiger partial charge on any atom is -0.480 e. The van der Waals surface area contributed by atoms with E-state index in [1.54, 1.807) is 0 Å². The van der Waals surface area contributed by atoms with Gasteiger partial charge in [0.05, 0.1) is 6.54 Å². The predicted molar refractivity (Wildman–Crippen MR) is 99.1 cm³/mol. The van der Waals surface area contributed by atoms with Crippen LogP contribution in [-0.4, -0.2) is 47.2 Å². The van der Waals surface area contributed by atoms with Crippen molar-refractivity contribution < 1.29 is 14.7 Å². The van der Waals surface area contributed by atoms with Crippen molar-refractivity contribution in [2.45, 2.75) is 58.5 Å². The molecule has 2 rings (SSSR count). The van der Waals surface area contributed by atoms with Gasteiger partial charge in [-0.1, -0.05) is 39.0 Å². The van der Waals surface area contributed by atoms with Gasteiger partial charge in [-0.25, -0.2) is 4.79 Å². The monoisotopic (exact) mass is 347 g/mol. The van der Waals surface area contributed by atoms with E-state index in [9.17, 15) is 9.59 Å². The summed E-state index contributed by atoms with van der Waals surface area (Å²) in [6.07, 6.45) is 1.58. The number of rotatable bonds is 7. The van der Waals surface area contributed by atoms with Gasteiger partial charge in [-0.05, 0) is 43.4 Å². The number of carboxylic acids is 1. The quantitative estimate of drug-likeness (QED) is 0.707. The first-order valence-corrected chi connectivity index (χ1v) is 8.94. The molecule has 0 atom stereocenters. The van der Waals surface area contributed by atoms with Gasteiger partial charge in [0.25, 0.3) is 0 Å². The number of aliphatic carboxylic acids is 1. The van der Waals surface area contributed by atoms with Gasteiger partial charge in [0.2, 0.25) is 0 Å². The third-order valence-corrected chi connectivity index (χ3v) is 4.87. The number of hydrogen-bond acceptors (Lipinski definition) is 3. The van der Waals surface area contributed by atoms with Crippen molar-refractivity contribution in [3.63, 3.8) is 0 Å². The van der Waals surface area contributed by atoms with E-state index >= 15 is 0 Å². The fourth-order valence-electron chi connectivity index (χ4n) is 3.35. The highest BCUT2D eigenvalue weighted by atomic mass is 16.4. The molecule has 6 nitrogen and oxygen atoms in total. The molecule has 2 amide bonds. The Morgan fingerprint density at radius 1 is 1.32 bits per heavy atom. The van der Waals surface area contributed by atoms with Gasteiger partial charge in [0.15, 0.2) is 0 Å². The molecule has 0 saturated heterocycles. The Bertz CT molecular complexity index is 624. The van der Waals surface area contributed by atoms with E-state index in [0.717, 1.165) is 29.7 Å². The fourth-order valence-corrected chi connectivity index (χ4v) is 3.35. The van der Waals surface area contributed by atoms with Crippen molar-refractivity contribution in [2.24, 2.45) is 0 Å². The van der Waals surface area contributed by atoms with Crippen LogP contribution in [0.3, 0.4) is 0 Å². The molecular formula is C19H29N3O3. The Balaban J connectivity index is 1.88. The van der Waals surface area contributed by atoms with Gasteiger partial charge in [-0.3, -0.25) is 9.69 Å². The minimum absolute atomic E-state index is 0.0566. The maximum atomic E-state index is 12.3. The lowest BCUT2D eigenvalue weighted by molar-refractivity contribution is -0.139. The Morgan fingerprint density at radius 2 is 2.00 bits per heavy atom. The van der Waals surface area contributed by atoms with Crippen LogP contribution in [0.4, 0.5) is 10.5 Å². The van der Waals surface area contributed by atoms with Crippen LogP contribution in [-0.2, 0) is 4.79 Å². The van der Waals surface area contributed by atoms with Crippen molar-refractivity contribution in [1.82, 2.24) is 10.2 Å². The van der Waals surface area contributed by atoms with Crippen LogP contribution in [0.15, 0.2) is 18.2 Å². The summed E-state index contributed by atoms with van der Waals surface area (Å²) in [4.78, 5) is 25.2. The highest BCUT2D eigenvalue weighted by Crippen LogP contribution is 2.28. The summed E-state index contributed by atoms with van der Waals surface area (Å²) in [5.74, 6) is -0.478. The lowest BCUT2D eigenvalue weighted by Gasteiger charge is -2.42. The van der Waals surface area contributed by atoms with Gasteiger partial charge in [0.1, 0.15) is 0 Å². The number of carbonyl (C=O) groups is 2. The second-order valence-corrected chi connectivity index (χ2v) is 7.07. The van der Waals surface area contributed by atoms with Crippen molar-refractivity contribution in [3.05, 3.63) is 29.3 Å². The summed E-state index contributed by atoms with van der Waals surface area (Å²) >= 11 is 0. The lowest BCUT2D eigenvalue weighted by atomic mass is 9.85. The van der Waals surface area contributed by atoms with E-state index in [-0.39, 0.29) is 24.7 Å². The van der Waals surface area contributed by atoms with Gasteiger partial charge in [-0.15, -0.1) is 0 Å². The summed E-state index contributed by atoms with van der Waals surface area (Å²) in [7, 11) is 0. The van der Waals surface area contributed by atoms with Crippen LogP contribution in [0, 0.1) is 6.92 Å². The smallest absolute Gasteiger partial charge is 0.319 e. The SMILES string of the molecule is CCN(CC(=O)O)C1CC(NC(=O)Nc2c(C)cccc2C(C)C)C1. The molecule has 1 fully saturated rings. The van der Waals surface area contributed by atoms with Crippen molar-refractivity contribution >= 4 is 17.7 Å². The molecule has 0 aromatic heterocycles. The molecule has 1 aliphatic rings. The Kier molecular flexibility index (Phi) is 6.42. The molecule has 25 heavy (non-hydrogen) atoms. The molecule has 0 bridgehead atoms. The number of anilines is 1. The zero-order chi connectivity index (χ0) is 18.6. The van der Waals surface area contributed by atoms with E-state index in [1.807, 2.05) is 36.9 Å². The highest BCUT2D eigenvalue weighted by molar-refractivity contribution is 5.91. The molecule has 1 aromatic carbocycles.